The molecule has 1 unspecified atom stereocenters. The van der Waals surface area contributed by atoms with Gasteiger partial charge in [0.2, 0.25) is 0 Å². The molecule has 1 aromatic rings. The second-order valence-electron chi connectivity index (χ2n) is 5.86. The zero-order valence-corrected chi connectivity index (χ0v) is 11.6. The molecular formula is C16H22N2. The van der Waals surface area contributed by atoms with Crippen LogP contribution < -0.4 is 11.5 Å². The first-order valence-electron chi connectivity index (χ1n) is 6.34. The highest BCUT2D eigenvalue weighted by Gasteiger charge is 2.29. The lowest BCUT2D eigenvalue weighted by molar-refractivity contribution is 0.407. The normalized spacial score (nSPS) is 22.4. The van der Waals surface area contributed by atoms with Gasteiger partial charge in [-0.2, -0.15) is 0 Å². The van der Waals surface area contributed by atoms with Gasteiger partial charge in [-0.05, 0) is 42.7 Å². The Morgan fingerprint density at radius 2 is 1.83 bits per heavy atom. The number of anilines is 1. The van der Waals surface area contributed by atoms with Crippen LogP contribution in [0, 0.1) is 12.3 Å². The van der Waals surface area contributed by atoms with Gasteiger partial charge in [-0.1, -0.05) is 37.6 Å². The van der Waals surface area contributed by atoms with Crippen LogP contribution in [0.5, 0.6) is 0 Å². The molecule has 2 rings (SSSR count). The molecule has 2 nitrogen and oxygen atoms in total. The first kappa shape index (κ1) is 12.9. The van der Waals surface area contributed by atoms with E-state index in [9.17, 15) is 0 Å². The fourth-order valence-corrected chi connectivity index (χ4v) is 2.48. The van der Waals surface area contributed by atoms with Crippen molar-refractivity contribution in [2.45, 2.75) is 33.7 Å². The van der Waals surface area contributed by atoms with Crippen LogP contribution in [0.4, 0.5) is 5.69 Å². The maximum atomic E-state index is 6.22. The van der Waals surface area contributed by atoms with Crippen molar-refractivity contribution in [3.05, 3.63) is 47.1 Å². The van der Waals surface area contributed by atoms with Gasteiger partial charge in [0.15, 0.2) is 0 Å². The van der Waals surface area contributed by atoms with Crippen molar-refractivity contribution in [3.8, 4) is 0 Å². The second kappa shape index (κ2) is 4.29. The summed E-state index contributed by atoms with van der Waals surface area (Å²) in [5.74, 6) is 0. The van der Waals surface area contributed by atoms with Gasteiger partial charge in [0.05, 0.1) is 0 Å². The van der Waals surface area contributed by atoms with Gasteiger partial charge in [-0.15, -0.1) is 0 Å². The molecule has 0 heterocycles. The quantitative estimate of drug-likeness (QED) is 0.743. The molecule has 18 heavy (non-hydrogen) atoms. The summed E-state index contributed by atoms with van der Waals surface area (Å²) in [7, 11) is 0. The summed E-state index contributed by atoms with van der Waals surface area (Å²) < 4.78 is 0. The highest BCUT2D eigenvalue weighted by molar-refractivity contribution is 5.78. The highest BCUT2D eigenvalue weighted by atomic mass is 14.7. The standard InChI is InChI=1S/C16H22N2/c1-10-7-12(5-6-14(10)17)13-8-11(2)15(18)16(3,4)9-13/h5-9,15H,17-18H2,1-4H3. The Morgan fingerprint density at radius 1 is 1.17 bits per heavy atom. The van der Waals surface area contributed by atoms with E-state index >= 15 is 0 Å². The molecule has 0 amide bonds. The number of rotatable bonds is 1. The SMILES string of the molecule is CC1=CC(c2ccc(N)c(C)c2)=CC(C)(C)C1N. The number of benzene rings is 1. The Morgan fingerprint density at radius 3 is 2.39 bits per heavy atom. The maximum absolute atomic E-state index is 6.22. The molecule has 0 spiro atoms. The molecule has 1 aliphatic rings. The molecule has 2 heteroatoms. The number of hydrogen-bond donors (Lipinski definition) is 2. The van der Waals surface area contributed by atoms with E-state index in [1.54, 1.807) is 0 Å². The van der Waals surface area contributed by atoms with Crippen LogP contribution in [0.25, 0.3) is 5.57 Å². The Kier molecular flexibility index (Phi) is 3.07. The molecular weight excluding hydrogens is 220 g/mol. The Bertz CT molecular complexity index is 536. The lowest BCUT2D eigenvalue weighted by Gasteiger charge is -2.34. The predicted octanol–water partition coefficient (Wildman–Crippen LogP) is 3.27. The summed E-state index contributed by atoms with van der Waals surface area (Å²) in [4.78, 5) is 0. The second-order valence-corrected chi connectivity index (χ2v) is 5.86. The minimum Gasteiger partial charge on any atom is -0.399 e. The molecule has 0 radical (unpaired) electrons. The number of nitrogens with two attached hydrogens (primary N) is 2. The van der Waals surface area contributed by atoms with Crippen molar-refractivity contribution < 1.29 is 0 Å². The summed E-state index contributed by atoms with van der Waals surface area (Å²) >= 11 is 0. The molecule has 4 N–H and O–H groups in total. The molecule has 0 fully saturated rings. The monoisotopic (exact) mass is 242 g/mol. The Labute approximate surface area is 109 Å². The van der Waals surface area contributed by atoms with Crippen molar-refractivity contribution in [2.24, 2.45) is 11.1 Å². The summed E-state index contributed by atoms with van der Waals surface area (Å²) in [5.41, 5.74) is 17.7. The lowest BCUT2D eigenvalue weighted by Crippen LogP contribution is -2.38. The third-order valence-electron chi connectivity index (χ3n) is 3.81. The minimum atomic E-state index is -0.0105. The van der Waals surface area contributed by atoms with Crippen LogP contribution in [0.1, 0.15) is 31.9 Å². The summed E-state index contributed by atoms with van der Waals surface area (Å²) in [6.07, 6.45) is 4.44. The average Bonchev–Trinajstić information content (AvgIpc) is 2.29. The van der Waals surface area contributed by atoms with E-state index in [2.05, 4.69) is 45.1 Å². The average molecular weight is 242 g/mol. The van der Waals surface area contributed by atoms with Crippen LogP contribution in [-0.4, -0.2) is 6.04 Å². The van der Waals surface area contributed by atoms with Gasteiger partial charge in [0.1, 0.15) is 0 Å². The molecule has 0 bridgehead atoms. The lowest BCUT2D eigenvalue weighted by atomic mass is 9.75. The van der Waals surface area contributed by atoms with Crippen molar-refractivity contribution >= 4 is 11.3 Å². The maximum Gasteiger partial charge on any atom is 0.0344 e. The van der Waals surface area contributed by atoms with Crippen LogP contribution in [-0.2, 0) is 0 Å². The van der Waals surface area contributed by atoms with Crippen LogP contribution in [0.3, 0.4) is 0 Å². The smallest absolute Gasteiger partial charge is 0.0344 e. The van der Waals surface area contributed by atoms with Crippen LogP contribution in [0.2, 0.25) is 0 Å². The van der Waals surface area contributed by atoms with Crippen molar-refractivity contribution in [1.82, 2.24) is 0 Å². The molecule has 0 aromatic heterocycles. The third kappa shape index (κ3) is 2.21. The largest absolute Gasteiger partial charge is 0.399 e. The fourth-order valence-electron chi connectivity index (χ4n) is 2.48. The van der Waals surface area contributed by atoms with E-state index in [1.165, 1.54) is 16.7 Å². The highest BCUT2D eigenvalue weighted by Crippen LogP contribution is 2.36. The van der Waals surface area contributed by atoms with Crippen molar-refractivity contribution in [2.75, 3.05) is 5.73 Å². The molecule has 0 saturated carbocycles. The first-order valence-corrected chi connectivity index (χ1v) is 6.34. The molecule has 1 aliphatic carbocycles. The number of nitrogen functional groups attached to an aromatic ring is 1. The fraction of sp³-hybridized carbons (Fsp3) is 0.375. The van der Waals surface area contributed by atoms with Crippen LogP contribution in [0.15, 0.2) is 35.9 Å². The number of allylic oxidation sites excluding steroid dienone is 2. The van der Waals surface area contributed by atoms with E-state index in [1.807, 2.05) is 13.0 Å². The summed E-state index contributed by atoms with van der Waals surface area (Å²) in [6, 6.07) is 6.27. The Hall–Kier alpha value is -1.54. The van der Waals surface area contributed by atoms with Gasteiger partial charge in [0.25, 0.3) is 0 Å². The third-order valence-corrected chi connectivity index (χ3v) is 3.81. The molecule has 1 atom stereocenters. The minimum absolute atomic E-state index is 0.0105. The van der Waals surface area contributed by atoms with E-state index in [0.717, 1.165) is 11.3 Å². The molecule has 0 saturated heterocycles. The number of hydrogen-bond acceptors (Lipinski definition) is 2. The van der Waals surface area contributed by atoms with E-state index in [-0.39, 0.29) is 11.5 Å². The zero-order valence-electron chi connectivity index (χ0n) is 11.6. The van der Waals surface area contributed by atoms with Gasteiger partial charge in [-0.25, -0.2) is 0 Å². The van der Waals surface area contributed by atoms with Gasteiger partial charge in [0, 0.05) is 17.1 Å². The Balaban J connectivity index is 2.48. The topological polar surface area (TPSA) is 52.0 Å². The van der Waals surface area contributed by atoms with E-state index in [4.69, 9.17) is 11.5 Å². The summed E-state index contributed by atoms with van der Waals surface area (Å²) in [6.45, 7) is 8.50. The molecule has 1 aromatic carbocycles. The first-order chi connectivity index (χ1) is 8.31. The van der Waals surface area contributed by atoms with E-state index < -0.39 is 0 Å². The van der Waals surface area contributed by atoms with Gasteiger partial charge >= 0.3 is 0 Å². The van der Waals surface area contributed by atoms with Crippen molar-refractivity contribution in [1.29, 1.82) is 0 Å². The van der Waals surface area contributed by atoms with Gasteiger partial charge < -0.3 is 11.5 Å². The van der Waals surface area contributed by atoms with E-state index in [0.29, 0.717) is 0 Å². The van der Waals surface area contributed by atoms with Gasteiger partial charge in [-0.3, -0.25) is 0 Å². The zero-order chi connectivity index (χ0) is 13.5. The van der Waals surface area contributed by atoms with Crippen molar-refractivity contribution in [3.63, 3.8) is 0 Å². The summed E-state index contributed by atoms with van der Waals surface area (Å²) in [5, 5.41) is 0. The van der Waals surface area contributed by atoms with Crippen LogP contribution >= 0.6 is 0 Å². The number of aryl methyl sites for hydroxylation is 1. The molecule has 96 valence electrons. The predicted molar refractivity (Wildman–Crippen MR) is 79.1 cm³/mol. The molecule has 0 aliphatic heterocycles.